The van der Waals surface area contributed by atoms with E-state index in [2.05, 4.69) is 127 Å². The highest BCUT2D eigenvalue weighted by molar-refractivity contribution is 7.30. The molecule has 0 saturated heterocycles. The summed E-state index contributed by atoms with van der Waals surface area (Å²) in [5.41, 5.74) is 10.5. The molecule has 0 bridgehead atoms. The summed E-state index contributed by atoms with van der Waals surface area (Å²) < 4.78 is 5.09. The van der Waals surface area contributed by atoms with Gasteiger partial charge in [0.05, 0.1) is 32.0 Å². The fourth-order valence-electron chi connectivity index (χ4n) is 6.83. The highest BCUT2D eigenvalue weighted by Gasteiger charge is 2.19. The Labute approximate surface area is 296 Å². The smallest absolute Gasteiger partial charge is 0.160 e. The van der Waals surface area contributed by atoms with Gasteiger partial charge in [0.1, 0.15) is 0 Å². The summed E-state index contributed by atoms with van der Waals surface area (Å²) in [6, 6.07) is 57.5. The third kappa shape index (κ3) is 4.90. The van der Waals surface area contributed by atoms with Crippen LogP contribution in [0.25, 0.3) is 96.8 Å². The average Bonchev–Trinajstić information content (AvgIpc) is 3.77. The predicted molar refractivity (Wildman–Crippen MR) is 213 cm³/mol. The van der Waals surface area contributed by atoms with Crippen LogP contribution in [0.5, 0.6) is 0 Å². The third-order valence-corrected chi connectivity index (χ3v) is 11.7. The van der Waals surface area contributed by atoms with Gasteiger partial charge in [0.15, 0.2) is 5.82 Å². The van der Waals surface area contributed by atoms with Gasteiger partial charge >= 0.3 is 0 Å². The van der Waals surface area contributed by atoms with Crippen LogP contribution in [0.4, 0.5) is 0 Å². The van der Waals surface area contributed by atoms with Crippen LogP contribution < -0.4 is 0 Å². The average molecular weight is 674 g/mol. The molecule has 0 unspecified atom stereocenters. The first-order valence-electron chi connectivity index (χ1n) is 16.6. The van der Waals surface area contributed by atoms with Crippen LogP contribution in [0, 0.1) is 0 Å². The lowest BCUT2D eigenvalue weighted by Gasteiger charge is -2.10. The van der Waals surface area contributed by atoms with Gasteiger partial charge in [0.2, 0.25) is 0 Å². The molecule has 4 aromatic heterocycles. The van der Waals surface area contributed by atoms with Crippen molar-refractivity contribution in [3.05, 3.63) is 164 Å². The summed E-state index contributed by atoms with van der Waals surface area (Å²) in [5.74, 6) is 0.719. The van der Waals surface area contributed by atoms with Crippen LogP contribution in [-0.2, 0) is 0 Å². The number of fused-ring (bicyclic) bond motifs is 7. The van der Waals surface area contributed by atoms with Crippen molar-refractivity contribution in [2.45, 2.75) is 0 Å². The number of hydrogen-bond donors (Lipinski definition) is 0. The van der Waals surface area contributed by atoms with Crippen LogP contribution in [0.3, 0.4) is 0 Å². The summed E-state index contributed by atoms with van der Waals surface area (Å²) in [5, 5.41) is 3.85. The second-order valence-electron chi connectivity index (χ2n) is 12.4. The highest BCUT2D eigenvalue weighted by Crippen LogP contribution is 2.47. The molecule has 0 aliphatic heterocycles. The minimum absolute atomic E-state index is 0.719. The molecular formula is C45H27N3S2. The first kappa shape index (κ1) is 29.0. The van der Waals surface area contributed by atoms with Crippen molar-refractivity contribution in [2.75, 3.05) is 0 Å². The van der Waals surface area contributed by atoms with Crippen molar-refractivity contribution in [3.8, 4) is 56.3 Å². The topological polar surface area (TPSA) is 38.7 Å². The Morgan fingerprint density at radius 1 is 0.360 bits per heavy atom. The molecule has 10 aromatic rings. The zero-order chi connectivity index (χ0) is 33.0. The van der Waals surface area contributed by atoms with Crippen molar-refractivity contribution >= 4 is 63.1 Å². The molecular weight excluding hydrogens is 647 g/mol. The summed E-state index contributed by atoms with van der Waals surface area (Å²) in [7, 11) is 0. The van der Waals surface area contributed by atoms with Gasteiger partial charge in [-0.2, -0.15) is 0 Å². The van der Waals surface area contributed by atoms with Crippen LogP contribution in [0.2, 0.25) is 0 Å². The second-order valence-corrected chi connectivity index (χ2v) is 14.5. The first-order chi connectivity index (χ1) is 24.8. The standard InChI is InChI=1S/C45H27N3S2/c1-3-11-30(12-4-1)36-27-37(47-45(46-36)33-13-5-2-6-14-33)31-23-19-28(20-24-31)29-21-25-32(26-22-29)41-43-40(34-15-7-9-17-38(34)49-43)44-42(48-41)35-16-8-10-18-39(35)50-44/h1-27H. The summed E-state index contributed by atoms with van der Waals surface area (Å²) in [6.45, 7) is 0. The highest BCUT2D eigenvalue weighted by atomic mass is 32.1. The molecule has 234 valence electrons. The molecule has 0 radical (unpaired) electrons. The van der Waals surface area contributed by atoms with E-state index in [1.165, 1.54) is 35.0 Å². The van der Waals surface area contributed by atoms with Crippen LogP contribution in [0.1, 0.15) is 0 Å². The molecule has 0 amide bonds. The predicted octanol–water partition coefficient (Wildman–Crippen LogP) is 12.9. The van der Waals surface area contributed by atoms with Gasteiger partial charge in [-0.25, -0.2) is 15.0 Å². The maximum atomic E-state index is 5.37. The Bertz CT molecular complexity index is 2780. The Hall–Kier alpha value is -6.01. The number of aromatic nitrogens is 3. The van der Waals surface area contributed by atoms with Gasteiger partial charge in [-0.15, -0.1) is 22.7 Å². The van der Waals surface area contributed by atoms with Crippen molar-refractivity contribution < 1.29 is 0 Å². The summed E-state index contributed by atoms with van der Waals surface area (Å²) in [4.78, 5) is 15.3. The molecule has 4 heterocycles. The van der Waals surface area contributed by atoms with E-state index in [0.29, 0.717) is 0 Å². The molecule has 0 atom stereocenters. The SMILES string of the molecule is c1ccc(-c2cc(-c3ccc(-c4ccc(-c5nc6c7ccccc7sc6c6c5sc5ccccc56)cc4)cc3)nc(-c3ccccc3)n2)cc1. The molecule has 5 heteroatoms. The minimum atomic E-state index is 0.719. The zero-order valence-electron chi connectivity index (χ0n) is 26.7. The van der Waals surface area contributed by atoms with Crippen LogP contribution in [0.15, 0.2) is 164 Å². The number of pyridine rings is 1. The molecule has 6 aromatic carbocycles. The van der Waals surface area contributed by atoms with Gasteiger partial charge in [-0.1, -0.05) is 146 Å². The first-order valence-corrected chi connectivity index (χ1v) is 18.2. The van der Waals surface area contributed by atoms with Crippen LogP contribution in [-0.4, -0.2) is 15.0 Å². The Morgan fingerprint density at radius 2 is 0.840 bits per heavy atom. The number of hydrogen-bond acceptors (Lipinski definition) is 5. The second kappa shape index (κ2) is 11.8. The monoisotopic (exact) mass is 673 g/mol. The quantitative estimate of drug-likeness (QED) is 0.182. The van der Waals surface area contributed by atoms with E-state index < -0.39 is 0 Å². The van der Waals surface area contributed by atoms with E-state index in [-0.39, 0.29) is 0 Å². The number of thiophene rings is 2. The van der Waals surface area contributed by atoms with Gasteiger partial charge in [-0.3, -0.25) is 0 Å². The lowest BCUT2D eigenvalue weighted by Crippen LogP contribution is -1.95. The van der Waals surface area contributed by atoms with Gasteiger partial charge in [-0.05, 0) is 29.3 Å². The summed E-state index contributed by atoms with van der Waals surface area (Å²) in [6.07, 6.45) is 0. The molecule has 50 heavy (non-hydrogen) atoms. The lowest BCUT2D eigenvalue weighted by molar-refractivity contribution is 1.18. The van der Waals surface area contributed by atoms with Gasteiger partial charge in [0, 0.05) is 47.8 Å². The maximum absolute atomic E-state index is 5.37. The molecule has 0 saturated carbocycles. The molecule has 3 nitrogen and oxygen atoms in total. The molecule has 0 spiro atoms. The molecule has 10 rings (SSSR count). The largest absolute Gasteiger partial charge is 0.245 e. The van der Waals surface area contributed by atoms with Crippen molar-refractivity contribution in [1.82, 2.24) is 15.0 Å². The number of benzene rings is 6. The molecule has 0 aliphatic carbocycles. The van der Waals surface area contributed by atoms with E-state index in [1.807, 2.05) is 59.1 Å². The number of rotatable bonds is 5. The van der Waals surface area contributed by atoms with Crippen molar-refractivity contribution in [1.29, 1.82) is 0 Å². The maximum Gasteiger partial charge on any atom is 0.160 e. The van der Waals surface area contributed by atoms with Crippen LogP contribution >= 0.6 is 22.7 Å². The fourth-order valence-corrected chi connectivity index (χ4v) is 9.32. The molecule has 0 N–H and O–H groups in total. The Morgan fingerprint density at radius 3 is 1.50 bits per heavy atom. The summed E-state index contributed by atoms with van der Waals surface area (Å²) >= 11 is 3.69. The van der Waals surface area contributed by atoms with Gasteiger partial charge in [0.25, 0.3) is 0 Å². The lowest BCUT2D eigenvalue weighted by atomic mass is 9.99. The van der Waals surface area contributed by atoms with E-state index in [0.717, 1.165) is 61.8 Å². The zero-order valence-corrected chi connectivity index (χ0v) is 28.4. The molecule has 0 aliphatic rings. The number of nitrogens with zero attached hydrogens (tertiary/aromatic N) is 3. The van der Waals surface area contributed by atoms with E-state index in [4.69, 9.17) is 15.0 Å². The third-order valence-electron chi connectivity index (χ3n) is 9.33. The van der Waals surface area contributed by atoms with Crippen molar-refractivity contribution in [2.24, 2.45) is 0 Å². The Balaban J connectivity index is 1.03. The van der Waals surface area contributed by atoms with E-state index in [1.54, 1.807) is 0 Å². The molecule has 0 fully saturated rings. The van der Waals surface area contributed by atoms with Gasteiger partial charge < -0.3 is 0 Å². The van der Waals surface area contributed by atoms with Crippen molar-refractivity contribution in [3.63, 3.8) is 0 Å². The minimum Gasteiger partial charge on any atom is -0.245 e. The van der Waals surface area contributed by atoms with E-state index >= 15 is 0 Å². The van der Waals surface area contributed by atoms with E-state index in [9.17, 15) is 0 Å². The Kier molecular flexibility index (Phi) is 6.86. The fraction of sp³-hybridized carbons (Fsp3) is 0. The normalized spacial score (nSPS) is 11.6.